The number of halogens is 3. The van der Waals surface area contributed by atoms with Crippen molar-refractivity contribution in [1.82, 2.24) is 14.9 Å². The molecule has 0 aromatic carbocycles. The van der Waals surface area contributed by atoms with E-state index in [4.69, 9.17) is 5.73 Å². The third-order valence-electron chi connectivity index (χ3n) is 8.24. The van der Waals surface area contributed by atoms with E-state index >= 15 is 0 Å². The Hall–Kier alpha value is -2.39. The monoisotopic (exact) mass is 465 g/mol. The molecule has 2 unspecified atom stereocenters. The molecule has 33 heavy (non-hydrogen) atoms. The Morgan fingerprint density at radius 2 is 1.70 bits per heavy atom. The summed E-state index contributed by atoms with van der Waals surface area (Å²) in [4.78, 5) is 33.6. The third kappa shape index (κ3) is 4.40. The van der Waals surface area contributed by atoms with E-state index in [2.05, 4.69) is 15.3 Å². The molecule has 10 heteroatoms. The van der Waals surface area contributed by atoms with Crippen molar-refractivity contribution in [2.45, 2.75) is 69.5 Å². The van der Waals surface area contributed by atoms with Gasteiger partial charge in [0.15, 0.2) is 5.69 Å². The number of rotatable bonds is 4. The normalized spacial score (nSPS) is 32.0. The minimum absolute atomic E-state index is 0.0499. The van der Waals surface area contributed by atoms with Crippen LogP contribution in [0.2, 0.25) is 0 Å². The van der Waals surface area contributed by atoms with Crippen LogP contribution < -0.4 is 11.1 Å². The third-order valence-corrected chi connectivity index (χ3v) is 8.24. The molecule has 2 atom stereocenters. The molecule has 0 spiro atoms. The number of alkyl halides is 3. The summed E-state index contributed by atoms with van der Waals surface area (Å²) in [7, 11) is 0. The lowest BCUT2D eigenvalue weighted by atomic mass is 9.65. The van der Waals surface area contributed by atoms with Gasteiger partial charge in [0.1, 0.15) is 0 Å². The van der Waals surface area contributed by atoms with Gasteiger partial charge in [0.25, 0.3) is 5.91 Å². The summed E-state index contributed by atoms with van der Waals surface area (Å²) in [6.45, 7) is 0.355. The number of fused-ring (bicyclic) bond motifs is 1. The number of hydrogen-bond acceptors (Lipinski definition) is 5. The molecule has 4 saturated carbocycles. The van der Waals surface area contributed by atoms with Gasteiger partial charge in [-0.25, -0.2) is 9.97 Å². The van der Waals surface area contributed by atoms with Crippen LogP contribution in [-0.2, 0) is 11.0 Å². The Morgan fingerprint density at radius 3 is 2.30 bits per heavy atom. The summed E-state index contributed by atoms with van der Waals surface area (Å²) >= 11 is 0. The summed E-state index contributed by atoms with van der Waals surface area (Å²) in [5, 5.41) is 3.30. The fraction of sp³-hybridized carbons (Fsp3) is 0.739. The molecule has 1 aromatic rings. The summed E-state index contributed by atoms with van der Waals surface area (Å²) < 4.78 is 41.8. The largest absolute Gasteiger partial charge is 0.434 e. The highest BCUT2D eigenvalue weighted by molar-refractivity contribution is 5.95. The first kappa shape index (κ1) is 22.4. The van der Waals surface area contributed by atoms with Gasteiger partial charge in [-0.05, 0) is 75.5 Å². The lowest BCUT2D eigenvalue weighted by Crippen LogP contribution is -2.46. The molecule has 1 saturated heterocycles. The molecule has 180 valence electrons. The zero-order valence-electron chi connectivity index (χ0n) is 18.5. The Kier molecular flexibility index (Phi) is 5.52. The molecular formula is C23H30F3N5O2. The fourth-order valence-corrected chi connectivity index (χ4v) is 6.90. The van der Waals surface area contributed by atoms with Crippen molar-refractivity contribution in [2.75, 3.05) is 18.4 Å². The average Bonchev–Trinajstić information content (AvgIpc) is 2.95. The number of hydrogen-bond donors (Lipinski definition) is 2. The van der Waals surface area contributed by atoms with E-state index in [9.17, 15) is 22.8 Å². The van der Waals surface area contributed by atoms with Gasteiger partial charge in [-0.3, -0.25) is 9.59 Å². The molecule has 1 aromatic heterocycles. The zero-order valence-corrected chi connectivity index (χ0v) is 18.5. The summed E-state index contributed by atoms with van der Waals surface area (Å²) in [6.07, 6.45) is 4.46. The summed E-state index contributed by atoms with van der Waals surface area (Å²) in [6, 6.07) is 0. The van der Waals surface area contributed by atoms with Crippen molar-refractivity contribution < 1.29 is 22.8 Å². The smallest absolute Gasteiger partial charge is 0.369 e. The Morgan fingerprint density at radius 1 is 1.06 bits per heavy atom. The lowest BCUT2D eigenvalue weighted by Gasteiger charge is -2.45. The highest BCUT2D eigenvalue weighted by Crippen LogP contribution is 2.53. The minimum atomic E-state index is -4.78. The molecule has 0 radical (unpaired) electrons. The van der Waals surface area contributed by atoms with Gasteiger partial charge in [0.2, 0.25) is 11.9 Å². The standard InChI is InChI=1S/C23H30F3N5O2/c24-23(25,26)18-17(20(33)31-5-2-16(3-6-31)19(27)32)12-28-21(29-18)30-22-4-1-13-7-14(10-22)9-15(8-13)11-22/h12-16H,1-11H2,(H2,27,32)(H,28,29,30). The van der Waals surface area contributed by atoms with Crippen molar-refractivity contribution in [2.24, 2.45) is 29.4 Å². The van der Waals surface area contributed by atoms with E-state index < -0.39 is 29.2 Å². The molecule has 5 fully saturated rings. The van der Waals surface area contributed by atoms with Crippen LogP contribution in [0.25, 0.3) is 0 Å². The maximum atomic E-state index is 13.9. The molecule has 2 amide bonds. The van der Waals surface area contributed by atoms with Crippen LogP contribution >= 0.6 is 0 Å². The Bertz CT molecular complexity index is 931. The van der Waals surface area contributed by atoms with E-state index in [1.54, 1.807) is 0 Å². The predicted molar refractivity (Wildman–Crippen MR) is 114 cm³/mol. The molecular weight excluding hydrogens is 435 g/mol. The highest BCUT2D eigenvalue weighted by atomic mass is 19.4. The second kappa shape index (κ2) is 8.13. The quantitative estimate of drug-likeness (QED) is 0.708. The van der Waals surface area contributed by atoms with Crippen molar-refractivity contribution >= 4 is 17.8 Å². The van der Waals surface area contributed by atoms with E-state index in [0.717, 1.165) is 37.8 Å². The van der Waals surface area contributed by atoms with Gasteiger partial charge < -0.3 is 16.0 Å². The molecule has 1 aliphatic heterocycles. The number of primary amides is 1. The second-order valence-electron chi connectivity index (χ2n) is 10.6. The molecule has 4 bridgehead atoms. The van der Waals surface area contributed by atoms with Gasteiger partial charge in [-0.15, -0.1) is 0 Å². The molecule has 4 aliphatic carbocycles. The number of carbonyl (C=O) groups excluding carboxylic acids is 2. The number of carbonyl (C=O) groups is 2. The molecule has 6 rings (SSSR count). The maximum absolute atomic E-state index is 13.9. The first-order chi connectivity index (χ1) is 15.6. The fourth-order valence-electron chi connectivity index (χ4n) is 6.90. The summed E-state index contributed by atoms with van der Waals surface area (Å²) in [5.41, 5.74) is 3.30. The van der Waals surface area contributed by atoms with Gasteiger partial charge in [-0.1, -0.05) is 0 Å². The number of aromatic nitrogens is 2. The highest BCUT2D eigenvalue weighted by Gasteiger charge is 2.48. The van der Waals surface area contributed by atoms with E-state index in [0.29, 0.717) is 24.7 Å². The lowest BCUT2D eigenvalue weighted by molar-refractivity contribution is -0.141. The number of likely N-dealkylation sites (tertiary alicyclic amines) is 1. The zero-order chi connectivity index (χ0) is 23.4. The van der Waals surface area contributed by atoms with Gasteiger partial charge >= 0.3 is 6.18 Å². The number of amides is 2. The molecule has 7 nitrogen and oxygen atoms in total. The van der Waals surface area contributed by atoms with E-state index in [1.807, 2.05) is 0 Å². The van der Waals surface area contributed by atoms with Crippen LogP contribution in [-0.4, -0.2) is 45.3 Å². The summed E-state index contributed by atoms with van der Waals surface area (Å²) in [5.74, 6) is 0.340. The molecule has 5 aliphatic rings. The van der Waals surface area contributed by atoms with Crippen LogP contribution in [0.4, 0.5) is 19.1 Å². The molecule has 2 heterocycles. The van der Waals surface area contributed by atoms with Crippen molar-refractivity contribution in [3.63, 3.8) is 0 Å². The molecule has 3 N–H and O–H groups in total. The van der Waals surface area contributed by atoms with Crippen molar-refractivity contribution in [3.8, 4) is 0 Å². The van der Waals surface area contributed by atoms with E-state index in [-0.39, 0.29) is 30.5 Å². The van der Waals surface area contributed by atoms with Crippen molar-refractivity contribution in [3.05, 3.63) is 17.5 Å². The first-order valence-electron chi connectivity index (χ1n) is 11.9. The number of anilines is 1. The Labute approximate surface area is 190 Å². The number of nitrogens with zero attached hydrogens (tertiary/aromatic N) is 3. The predicted octanol–water partition coefficient (Wildman–Crippen LogP) is 3.60. The first-order valence-corrected chi connectivity index (χ1v) is 11.9. The second-order valence-corrected chi connectivity index (χ2v) is 10.6. The van der Waals surface area contributed by atoms with Gasteiger partial charge in [0, 0.05) is 30.7 Å². The van der Waals surface area contributed by atoms with Gasteiger partial charge in [0.05, 0.1) is 5.56 Å². The number of nitrogens with one attached hydrogen (secondary N) is 1. The number of nitrogens with two attached hydrogens (primary N) is 1. The van der Waals surface area contributed by atoms with Crippen LogP contribution in [0.1, 0.15) is 73.8 Å². The van der Waals surface area contributed by atoms with Crippen LogP contribution in [0, 0.1) is 23.7 Å². The Balaban J connectivity index is 1.38. The SMILES string of the molecule is NC(=O)C1CCN(C(=O)c2cnc(NC34CCC5CC(CC(C5)C3)C4)nc2C(F)(F)F)CC1. The van der Waals surface area contributed by atoms with E-state index in [1.165, 1.54) is 24.2 Å². The van der Waals surface area contributed by atoms with Crippen LogP contribution in [0.5, 0.6) is 0 Å². The van der Waals surface area contributed by atoms with Gasteiger partial charge in [-0.2, -0.15) is 13.2 Å². The maximum Gasteiger partial charge on any atom is 0.434 e. The topological polar surface area (TPSA) is 101 Å². The average molecular weight is 466 g/mol. The number of piperidine rings is 1. The van der Waals surface area contributed by atoms with Crippen LogP contribution in [0.15, 0.2) is 6.20 Å². The minimum Gasteiger partial charge on any atom is -0.369 e. The van der Waals surface area contributed by atoms with Crippen LogP contribution in [0.3, 0.4) is 0 Å². The van der Waals surface area contributed by atoms with Crippen molar-refractivity contribution in [1.29, 1.82) is 0 Å².